The molecule has 1 N–H and O–H groups in total. The quantitative estimate of drug-likeness (QED) is 0.858. The number of hydrogen-bond donors (Lipinski definition) is 1. The average Bonchev–Trinajstić information content (AvgIpc) is 2.43. The zero-order valence-electron chi connectivity index (χ0n) is 11.7. The summed E-state index contributed by atoms with van der Waals surface area (Å²) >= 11 is 0. The smallest absolute Gasteiger partial charge is 0.323 e. The van der Waals surface area contributed by atoms with E-state index in [2.05, 4.69) is 0 Å². The van der Waals surface area contributed by atoms with Gasteiger partial charge in [-0.3, -0.25) is 9.59 Å². The van der Waals surface area contributed by atoms with Crippen molar-refractivity contribution < 1.29 is 14.7 Å². The molecule has 1 rings (SSSR count). The van der Waals surface area contributed by atoms with Crippen molar-refractivity contribution in [2.75, 3.05) is 6.54 Å². The molecule has 1 unspecified atom stereocenters. The van der Waals surface area contributed by atoms with Crippen molar-refractivity contribution in [3.8, 4) is 0 Å². The molecule has 0 spiro atoms. The maximum Gasteiger partial charge on any atom is 0.323 e. The maximum atomic E-state index is 12.4. The second-order valence-electron chi connectivity index (χ2n) is 4.75. The van der Waals surface area contributed by atoms with Crippen LogP contribution in [0, 0.1) is 0 Å². The van der Waals surface area contributed by atoms with Gasteiger partial charge in [-0.25, -0.2) is 0 Å². The average molecular weight is 263 g/mol. The summed E-state index contributed by atoms with van der Waals surface area (Å²) in [6, 6.07) is 9.35. The lowest BCUT2D eigenvalue weighted by molar-refractivity contribution is -0.146. The Morgan fingerprint density at radius 3 is 2.26 bits per heavy atom. The third-order valence-electron chi connectivity index (χ3n) is 3.38. The number of amides is 1. The molecule has 0 fully saturated rings. The second-order valence-corrected chi connectivity index (χ2v) is 4.75. The number of carboxylic acids is 1. The highest BCUT2D eigenvalue weighted by Crippen LogP contribution is 2.19. The van der Waals surface area contributed by atoms with Crippen molar-refractivity contribution in [1.29, 1.82) is 0 Å². The third kappa shape index (κ3) is 4.09. The summed E-state index contributed by atoms with van der Waals surface area (Å²) in [4.78, 5) is 24.8. The Morgan fingerprint density at radius 2 is 1.79 bits per heavy atom. The number of benzene rings is 1. The molecule has 0 radical (unpaired) electrons. The number of carbonyl (C=O) groups is 2. The van der Waals surface area contributed by atoms with Gasteiger partial charge in [-0.05, 0) is 25.8 Å². The number of carbonyl (C=O) groups excluding carboxylic acids is 1. The largest absolute Gasteiger partial charge is 0.480 e. The molecular weight excluding hydrogens is 242 g/mol. The van der Waals surface area contributed by atoms with E-state index in [-0.39, 0.29) is 24.4 Å². The van der Waals surface area contributed by atoms with Crippen molar-refractivity contribution in [1.82, 2.24) is 4.90 Å². The fourth-order valence-electron chi connectivity index (χ4n) is 1.95. The van der Waals surface area contributed by atoms with Crippen LogP contribution in [0.3, 0.4) is 0 Å². The van der Waals surface area contributed by atoms with Gasteiger partial charge in [-0.2, -0.15) is 0 Å². The Morgan fingerprint density at radius 1 is 1.21 bits per heavy atom. The highest BCUT2D eigenvalue weighted by atomic mass is 16.4. The molecule has 2 atom stereocenters. The van der Waals surface area contributed by atoms with Crippen molar-refractivity contribution in [2.24, 2.45) is 0 Å². The van der Waals surface area contributed by atoms with Crippen LogP contribution in [-0.2, 0) is 9.59 Å². The first kappa shape index (κ1) is 15.2. The topological polar surface area (TPSA) is 57.6 Å². The van der Waals surface area contributed by atoms with Gasteiger partial charge in [-0.15, -0.1) is 0 Å². The second kappa shape index (κ2) is 6.92. The molecule has 0 bridgehead atoms. The van der Waals surface area contributed by atoms with E-state index in [0.29, 0.717) is 0 Å². The first-order valence-corrected chi connectivity index (χ1v) is 6.54. The van der Waals surface area contributed by atoms with Gasteiger partial charge < -0.3 is 10.0 Å². The summed E-state index contributed by atoms with van der Waals surface area (Å²) in [5, 5.41) is 8.94. The van der Waals surface area contributed by atoms with Crippen molar-refractivity contribution in [3.05, 3.63) is 35.9 Å². The lowest BCUT2D eigenvalue weighted by Crippen LogP contribution is -2.43. The molecule has 4 heteroatoms. The van der Waals surface area contributed by atoms with Crippen LogP contribution in [0.25, 0.3) is 0 Å². The van der Waals surface area contributed by atoms with Crippen LogP contribution in [0.15, 0.2) is 30.3 Å². The molecule has 0 aromatic heterocycles. The predicted octanol–water partition coefficient (Wildman–Crippen LogP) is 2.50. The fraction of sp³-hybridized carbons (Fsp3) is 0.467. The normalized spacial score (nSPS) is 13.6. The molecule has 19 heavy (non-hydrogen) atoms. The van der Waals surface area contributed by atoms with Crippen molar-refractivity contribution in [2.45, 2.75) is 39.2 Å². The van der Waals surface area contributed by atoms with E-state index in [0.717, 1.165) is 12.0 Å². The molecule has 0 saturated heterocycles. The molecule has 104 valence electrons. The van der Waals surface area contributed by atoms with Gasteiger partial charge in [0.2, 0.25) is 5.91 Å². The molecule has 0 saturated carbocycles. The minimum atomic E-state index is -0.978. The van der Waals surface area contributed by atoms with Gasteiger partial charge in [-0.1, -0.05) is 37.3 Å². The lowest BCUT2D eigenvalue weighted by Gasteiger charge is -2.29. The standard InChI is InChI=1S/C15H21NO3/c1-4-11(2)16(10-14(17)18)15(19)12(3)13-8-6-5-7-9-13/h5-9,11-12H,4,10H2,1-3H3,(H,17,18)/t11?,12-/m0/s1. The van der Waals surface area contributed by atoms with Crippen molar-refractivity contribution >= 4 is 11.9 Å². The molecule has 0 aliphatic heterocycles. The minimum absolute atomic E-state index is 0.0743. The number of aliphatic carboxylic acids is 1. The van der Waals surface area contributed by atoms with Crippen LogP contribution in [0.2, 0.25) is 0 Å². The highest BCUT2D eigenvalue weighted by molar-refractivity contribution is 5.86. The Balaban J connectivity index is 2.90. The van der Waals surface area contributed by atoms with E-state index >= 15 is 0 Å². The van der Waals surface area contributed by atoms with Gasteiger partial charge in [0, 0.05) is 6.04 Å². The monoisotopic (exact) mass is 263 g/mol. The Bertz CT molecular complexity index is 430. The predicted molar refractivity (Wildman–Crippen MR) is 74.0 cm³/mol. The summed E-state index contributed by atoms with van der Waals surface area (Å²) in [5.74, 6) is -1.44. The van der Waals surface area contributed by atoms with E-state index in [4.69, 9.17) is 5.11 Å². The summed E-state index contributed by atoms with van der Waals surface area (Å²) in [6.07, 6.45) is 0.737. The highest BCUT2D eigenvalue weighted by Gasteiger charge is 2.26. The van der Waals surface area contributed by atoms with Crippen LogP contribution in [-0.4, -0.2) is 34.5 Å². The van der Waals surface area contributed by atoms with Crippen LogP contribution >= 0.6 is 0 Å². The van der Waals surface area contributed by atoms with Crippen molar-refractivity contribution in [3.63, 3.8) is 0 Å². The number of carboxylic acid groups (broad SMARTS) is 1. The molecule has 0 aliphatic carbocycles. The van der Waals surface area contributed by atoms with E-state index < -0.39 is 5.97 Å². The fourth-order valence-corrected chi connectivity index (χ4v) is 1.95. The van der Waals surface area contributed by atoms with Gasteiger partial charge in [0.15, 0.2) is 0 Å². The molecule has 4 nitrogen and oxygen atoms in total. The molecule has 1 amide bonds. The van der Waals surface area contributed by atoms with E-state index in [1.165, 1.54) is 4.90 Å². The summed E-state index contributed by atoms with van der Waals surface area (Å²) in [6.45, 7) is 5.39. The first-order valence-electron chi connectivity index (χ1n) is 6.54. The van der Waals surface area contributed by atoms with Gasteiger partial charge in [0.1, 0.15) is 6.54 Å². The zero-order chi connectivity index (χ0) is 14.4. The van der Waals surface area contributed by atoms with Gasteiger partial charge in [0.25, 0.3) is 0 Å². The first-order chi connectivity index (χ1) is 8.97. The number of rotatable bonds is 6. The van der Waals surface area contributed by atoms with Crippen LogP contribution < -0.4 is 0 Å². The van der Waals surface area contributed by atoms with Gasteiger partial charge >= 0.3 is 5.97 Å². The summed E-state index contributed by atoms with van der Waals surface area (Å²) < 4.78 is 0. The van der Waals surface area contributed by atoms with Crippen LogP contribution in [0.5, 0.6) is 0 Å². The van der Waals surface area contributed by atoms with Gasteiger partial charge in [0.05, 0.1) is 5.92 Å². The lowest BCUT2D eigenvalue weighted by atomic mass is 9.99. The van der Waals surface area contributed by atoms with Crippen LogP contribution in [0.1, 0.15) is 38.7 Å². The SMILES string of the molecule is CCC(C)N(CC(=O)O)C(=O)[C@@H](C)c1ccccc1. The molecule has 0 aliphatic rings. The summed E-state index contributed by atoms with van der Waals surface area (Å²) in [5.41, 5.74) is 0.909. The molecule has 0 heterocycles. The number of hydrogen-bond acceptors (Lipinski definition) is 2. The van der Waals surface area contributed by atoms with E-state index in [1.54, 1.807) is 0 Å². The maximum absolute atomic E-state index is 12.4. The van der Waals surface area contributed by atoms with E-state index in [1.807, 2.05) is 51.1 Å². The van der Waals surface area contributed by atoms with Crippen LogP contribution in [0.4, 0.5) is 0 Å². The Kier molecular flexibility index (Phi) is 5.55. The Hall–Kier alpha value is -1.84. The zero-order valence-corrected chi connectivity index (χ0v) is 11.7. The number of nitrogens with zero attached hydrogens (tertiary/aromatic N) is 1. The molecule has 1 aromatic carbocycles. The minimum Gasteiger partial charge on any atom is -0.480 e. The van der Waals surface area contributed by atoms with E-state index in [9.17, 15) is 9.59 Å². The molecule has 1 aromatic rings. The Labute approximate surface area is 114 Å². The third-order valence-corrected chi connectivity index (χ3v) is 3.38. The summed E-state index contributed by atoms with van der Waals surface area (Å²) in [7, 11) is 0. The molecular formula is C15H21NO3.